The summed E-state index contributed by atoms with van der Waals surface area (Å²) in [5.41, 5.74) is 2.93. The molecule has 0 radical (unpaired) electrons. The first-order chi connectivity index (χ1) is 14.5. The van der Waals surface area contributed by atoms with Crippen molar-refractivity contribution < 1.29 is 9.53 Å². The van der Waals surface area contributed by atoms with Crippen molar-refractivity contribution in [2.45, 2.75) is 26.8 Å². The molecule has 0 saturated heterocycles. The van der Waals surface area contributed by atoms with Crippen molar-refractivity contribution >= 4 is 33.3 Å². The summed E-state index contributed by atoms with van der Waals surface area (Å²) in [6, 6.07) is 8.22. The molecule has 3 heterocycles. The van der Waals surface area contributed by atoms with E-state index in [1.54, 1.807) is 24.3 Å². The third-order valence-corrected chi connectivity index (χ3v) is 6.32. The van der Waals surface area contributed by atoms with Crippen molar-refractivity contribution in [3.63, 3.8) is 0 Å². The molecule has 4 aromatic rings. The number of anilines is 1. The van der Waals surface area contributed by atoms with Crippen LogP contribution >= 0.6 is 11.3 Å². The lowest BCUT2D eigenvalue weighted by atomic mass is 10.1. The second kappa shape index (κ2) is 8.19. The van der Waals surface area contributed by atoms with Gasteiger partial charge in [-0.05, 0) is 44.0 Å². The molecule has 0 saturated carbocycles. The van der Waals surface area contributed by atoms with Gasteiger partial charge in [0.2, 0.25) is 0 Å². The van der Waals surface area contributed by atoms with Gasteiger partial charge < -0.3 is 9.64 Å². The number of nitrogens with zero attached hydrogens (tertiary/aromatic N) is 6. The lowest BCUT2D eigenvalue weighted by Crippen LogP contribution is -2.23. The third-order valence-electron chi connectivity index (χ3n) is 5.14. The van der Waals surface area contributed by atoms with E-state index < -0.39 is 0 Å². The van der Waals surface area contributed by atoms with Gasteiger partial charge in [-0.1, -0.05) is 12.1 Å². The fourth-order valence-electron chi connectivity index (χ4n) is 3.37. The Morgan fingerprint density at radius 2 is 2.00 bits per heavy atom. The predicted octanol–water partition coefficient (Wildman–Crippen LogP) is 3.95. The number of esters is 1. The summed E-state index contributed by atoms with van der Waals surface area (Å²) in [6.45, 7) is 6.18. The Morgan fingerprint density at radius 1 is 1.23 bits per heavy atom. The Balaban J connectivity index is 1.67. The Hall–Kier alpha value is -3.33. The van der Waals surface area contributed by atoms with Gasteiger partial charge in [-0.2, -0.15) is 5.10 Å². The number of fused-ring (bicyclic) bond motifs is 1. The second-order valence-corrected chi connectivity index (χ2v) is 7.87. The molecule has 154 valence electrons. The fraction of sp³-hybridized carbons (Fsp3) is 0.286. The number of benzene rings is 1. The maximum Gasteiger partial charge on any atom is 0.348 e. The van der Waals surface area contributed by atoms with Gasteiger partial charge in [0, 0.05) is 7.05 Å². The zero-order valence-corrected chi connectivity index (χ0v) is 18.1. The smallest absolute Gasteiger partial charge is 0.348 e. The molecule has 1 atom stereocenters. The quantitative estimate of drug-likeness (QED) is 0.435. The number of ether oxygens (including phenoxy) is 1. The fourth-order valence-corrected chi connectivity index (χ4v) is 4.40. The normalized spacial score (nSPS) is 12.1. The minimum absolute atomic E-state index is 0.0539. The van der Waals surface area contributed by atoms with Crippen molar-refractivity contribution in [3.05, 3.63) is 59.3 Å². The van der Waals surface area contributed by atoms with Crippen LogP contribution < -0.4 is 4.90 Å². The summed E-state index contributed by atoms with van der Waals surface area (Å²) >= 11 is 1.34. The van der Waals surface area contributed by atoms with E-state index >= 15 is 0 Å². The number of aryl methyl sites for hydroxylation is 1. The first-order valence-electron chi connectivity index (χ1n) is 9.60. The van der Waals surface area contributed by atoms with E-state index in [0.29, 0.717) is 11.5 Å². The highest BCUT2D eigenvalue weighted by Crippen LogP contribution is 2.37. The van der Waals surface area contributed by atoms with Crippen LogP contribution in [0.15, 0.2) is 43.2 Å². The van der Waals surface area contributed by atoms with E-state index in [9.17, 15) is 4.79 Å². The van der Waals surface area contributed by atoms with Gasteiger partial charge in [-0.25, -0.2) is 24.4 Å². The molecule has 4 rings (SSSR count). The van der Waals surface area contributed by atoms with Gasteiger partial charge in [-0.15, -0.1) is 11.3 Å². The molecule has 0 N–H and O–H groups in total. The first-order valence-corrected chi connectivity index (χ1v) is 10.4. The van der Waals surface area contributed by atoms with Gasteiger partial charge in [0.05, 0.1) is 23.7 Å². The van der Waals surface area contributed by atoms with Gasteiger partial charge >= 0.3 is 5.97 Å². The molecule has 8 nitrogen and oxygen atoms in total. The summed E-state index contributed by atoms with van der Waals surface area (Å²) in [5.74, 6) is 0.473. The molecule has 30 heavy (non-hydrogen) atoms. The van der Waals surface area contributed by atoms with E-state index in [4.69, 9.17) is 4.74 Å². The number of rotatable bonds is 6. The van der Waals surface area contributed by atoms with Crippen molar-refractivity contribution in [2.75, 3.05) is 18.6 Å². The van der Waals surface area contributed by atoms with Crippen LogP contribution in [0.25, 0.3) is 15.9 Å². The number of hydrogen-bond acceptors (Lipinski definition) is 8. The largest absolute Gasteiger partial charge is 0.462 e. The highest BCUT2D eigenvalue weighted by atomic mass is 32.1. The number of hydrogen-bond donors (Lipinski definition) is 0. The van der Waals surface area contributed by atoms with Crippen molar-refractivity contribution in [2.24, 2.45) is 0 Å². The second-order valence-electron chi connectivity index (χ2n) is 6.87. The van der Waals surface area contributed by atoms with E-state index in [2.05, 4.69) is 44.0 Å². The van der Waals surface area contributed by atoms with Crippen molar-refractivity contribution in [3.8, 4) is 5.69 Å². The predicted molar refractivity (Wildman–Crippen MR) is 116 cm³/mol. The highest BCUT2D eigenvalue weighted by molar-refractivity contribution is 7.20. The van der Waals surface area contributed by atoms with Crippen LogP contribution in [-0.4, -0.2) is 44.4 Å². The molecule has 3 aromatic heterocycles. The molecular formula is C21H22N6O2S. The van der Waals surface area contributed by atoms with Crippen molar-refractivity contribution in [1.29, 1.82) is 0 Å². The van der Waals surface area contributed by atoms with E-state index in [-0.39, 0.29) is 12.0 Å². The Morgan fingerprint density at radius 3 is 2.67 bits per heavy atom. The molecule has 1 unspecified atom stereocenters. The van der Waals surface area contributed by atoms with Crippen LogP contribution in [0.5, 0.6) is 0 Å². The van der Waals surface area contributed by atoms with Gasteiger partial charge in [0.15, 0.2) is 0 Å². The minimum atomic E-state index is -0.316. The topological polar surface area (TPSA) is 86.0 Å². The van der Waals surface area contributed by atoms with E-state index in [1.807, 2.05) is 26.1 Å². The molecule has 9 heteroatoms. The van der Waals surface area contributed by atoms with Crippen LogP contribution in [0.3, 0.4) is 0 Å². The number of thiophene rings is 1. The zero-order valence-electron chi connectivity index (χ0n) is 17.2. The Bertz CT molecular complexity index is 1170. The first kappa shape index (κ1) is 20.0. The monoisotopic (exact) mass is 422 g/mol. The average Bonchev–Trinajstić information content (AvgIpc) is 3.41. The maximum absolute atomic E-state index is 12.3. The van der Waals surface area contributed by atoms with E-state index in [0.717, 1.165) is 32.8 Å². The van der Waals surface area contributed by atoms with Crippen LogP contribution in [0.2, 0.25) is 0 Å². The molecule has 0 fully saturated rings. The van der Waals surface area contributed by atoms with Gasteiger partial charge in [-0.3, -0.25) is 0 Å². The van der Waals surface area contributed by atoms with Gasteiger partial charge in [0.25, 0.3) is 0 Å². The third kappa shape index (κ3) is 3.52. The Kier molecular flexibility index (Phi) is 5.45. The molecule has 0 aliphatic rings. The molecular weight excluding hydrogens is 400 g/mol. The molecule has 0 bridgehead atoms. The molecule has 1 aromatic carbocycles. The lowest BCUT2D eigenvalue weighted by molar-refractivity contribution is 0.0531. The summed E-state index contributed by atoms with van der Waals surface area (Å²) in [4.78, 5) is 28.7. The number of carbonyl (C=O) groups is 1. The van der Waals surface area contributed by atoms with Crippen LogP contribution in [0.1, 0.15) is 40.7 Å². The number of carbonyl (C=O) groups excluding carboxylic acids is 1. The maximum atomic E-state index is 12.3. The molecule has 0 spiro atoms. The standard InChI is InChI=1S/C21H22N6O2S/c1-5-29-21(28)18-13(2)17-19(23-11-24-20(17)30-18)26(4)14(3)15-6-8-16(9-7-15)27-12-22-10-25-27/h6-12,14H,5H2,1-4H3. The van der Waals surface area contributed by atoms with Crippen LogP contribution in [0.4, 0.5) is 5.82 Å². The van der Waals surface area contributed by atoms with Gasteiger partial charge in [0.1, 0.15) is 34.5 Å². The number of aromatic nitrogens is 5. The molecule has 0 aliphatic carbocycles. The zero-order chi connectivity index (χ0) is 21.3. The SMILES string of the molecule is CCOC(=O)c1sc2ncnc(N(C)C(C)c3ccc(-n4cncn4)cc3)c2c1C. The molecule has 0 amide bonds. The average molecular weight is 423 g/mol. The van der Waals surface area contributed by atoms with Crippen LogP contribution in [-0.2, 0) is 4.74 Å². The summed E-state index contributed by atoms with van der Waals surface area (Å²) < 4.78 is 6.92. The lowest BCUT2D eigenvalue weighted by Gasteiger charge is -2.27. The minimum Gasteiger partial charge on any atom is -0.462 e. The van der Waals surface area contributed by atoms with Crippen LogP contribution in [0, 0.1) is 6.92 Å². The van der Waals surface area contributed by atoms with Crippen molar-refractivity contribution in [1.82, 2.24) is 24.7 Å². The molecule has 0 aliphatic heterocycles. The van der Waals surface area contributed by atoms with E-state index in [1.165, 1.54) is 17.7 Å². The highest BCUT2D eigenvalue weighted by Gasteiger charge is 2.23. The Labute approximate surface area is 178 Å². The summed E-state index contributed by atoms with van der Waals surface area (Å²) in [5, 5.41) is 5.05. The summed E-state index contributed by atoms with van der Waals surface area (Å²) in [6.07, 6.45) is 4.72. The summed E-state index contributed by atoms with van der Waals surface area (Å²) in [7, 11) is 2.00.